The van der Waals surface area contributed by atoms with Gasteiger partial charge in [0.2, 0.25) is 5.91 Å². The number of hydrogen-bond acceptors (Lipinski definition) is 4. The number of carbonyl (C=O) groups is 1. The molecule has 1 aromatic heterocycles. The molecule has 2 rings (SSSR count). The Morgan fingerprint density at radius 3 is 2.72 bits per heavy atom. The van der Waals surface area contributed by atoms with Crippen LogP contribution in [0.1, 0.15) is 32.4 Å². The lowest BCUT2D eigenvalue weighted by Gasteiger charge is -2.34. The number of ether oxygens (including phenoxy) is 1. The molecule has 0 bridgehead atoms. The molecular weight excluding hydrogens is 320 g/mol. The molecule has 0 radical (unpaired) electrons. The van der Waals surface area contributed by atoms with Crippen molar-refractivity contribution >= 4 is 11.9 Å². The highest BCUT2D eigenvalue weighted by atomic mass is 16.5. The number of morpholine rings is 1. The number of hydrogen-bond donors (Lipinski definition) is 2. The molecule has 2 N–H and O–H groups in total. The fourth-order valence-electron chi connectivity index (χ4n) is 2.60. The second-order valence-corrected chi connectivity index (χ2v) is 7.23. The Balaban J connectivity index is 1.83. The normalized spacial score (nSPS) is 19.0. The largest absolute Gasteiger partial charge is 0.370 e. The van der Waals surface area contributed by atoms with Crippen molar-refractivity contribution in [2.45, 2.75) is 26.9 Å². The first kappa shape index (κ1) is 19.2. The van der Waals surface area contributed by atoms with Gasteiger partial charge in [-0.15, -0.1) is 0 Å². The van der Waals surface area contributed by atoms with E-state index in [1.54, 1.807) is 11.7 Å². The van der Waals surface area contributed by atoms with Gasteiger partial charge in [-0.1, -0.05) is 20.8 Å². The minimum atomic E-state index is -0.372. The number of nitrogens with zero attached hydrogens (tertiary/aromatic N) is 4. The van der Waals surface area contributed by atoms with Crippen molar-refractivity contribution in [3.05, 3.63) is 18.0 Å². The SMILES string of the molecule is CN=C(NCCNC(=O)C(C)(C)C)N1CCOC(c2cnn(C)c2)C1. The lowest BCUT2D eigenvalue weighted by molar-refractivity contribution is -0.128. The summed E-state index contributed by atoms with van der Waals surface area (Å²) < 4.78 is 7.64. The van der Waals surface area contributed by atoms with Gasteiger partial charge in [-0.2, -0.15) is 5.10 Å². The number of carbonyl (C=O) groups excluding carboxylic acids is 1. The number of nitrogens with one attached hydrogen (secondary N) is 2. The summed E-state index contributed by atoms with van der Waals surface area (Å²) in [5.41, 5.74) is 0.697. The van der Waals surface area contributed by atoms with Crippen LogP contribution >= 0.6 is 0 Å². The maximum Gasteiger partial charge on any atom is 0.225 e. The van der Waals surface area contributed by atoms with Gasteiger partial charge < -0.3 is 20.3 Å². The molecule has 8 heteroatoms. The summed E-state index contributed by atoms with van der Waals surface area (Å²) in [6.07, 6.45) is 3.81. The Hall–Kier alpha value is -2.09. The average Bonchev–Trinajstić information content (AvgIpc) is 3.00. The van der Waals surface area contributed by atoms with Crippen molar-refractivity contribution in [1.82, 2.24) is 25.3 Å². The van der Waals surface area contributed by atoms with E-state index >= 15 is 0 Å². The molecule has 1 atom stereocenters. The summed E-state index contributed by atoms with van der Waals surface area (Å²) in [5.74, 6) is 0.870. The minimum Gasteiger partial charge on any atom is -0.370 e. The first-order valence-electron chi connectivity index (χ1n) is 8.65. The Kier molecular flexibility index (Phi) is 6.41. The van der Waals surface area contributed by atoms with Crippen molar-refractivity contribution < 1.29 is 9.53 Å². The first-order valence-corrected chi connectivity index (χ1v) is 8.65. The van der Waals surface area contributed by atoms with Crippen LogP contribution in [0.5, 0.6) is 0 Å². The molecule has 1 saturated heterocycles. The van der Waals surface area contributed by atoms with E-state index in [-0.39, 0.29) is 17.4 Å². The van der Waals surface area contributed by atoms with E-state index in [2.05, 4.69) is 25.6 Å². The van der Waals surface area contributed by atoms with E-state index in [0.29, 0.717) is 19.7 Å². The fraction of sp³-hybridized carbons (Fsp3) is 0.706. The summed E-state index contributed by atoms with van der Waals surface area (Å²) in [5, 5.41) is 10.5. The van der Waals surface area contributed by atoms with Crippen LogP contribution < -0.4 is 10.6 Å². The number of guanidine groups is 1. The van der Waals surface area contributed by atoms with Crippen LogP contribution in [-0.2, 0) is 16.6 Å². The van der Waals surface area contributed by atoms with E-state index < -0.39 is 0 Å². The number of aliphatic imine (C=N–C) groups is 1. The van der Waals surface area contributed by atoms with Crippen LogP contribution in [0.25, 0.3) is 0 Å². The lowest BCUT2D eigenvalue weighted by Crippen LogP contribution is -2.49. The maximum absolute atomic E-state index is 11.9. The number of aromatic nitrogens is 2. The molecule has 0 aromatic carbocycles. The lowest BCUT2D eigenvalue weighted by atomic mass is 9.96. The van der Waals surface area contributed by atoms with Crippen molar-refractivity contribution in [2.24, 2.45) is 17.5 Å². The molecule has 2 heterocycles. The van der Waals surface area contributed by atoms with Crippen LogP contribution in [0.15, 0.2) is 17.4 Å². The Labute approximate surface area is 149 Å². The third kappa shape index (κ3) is 5.45. The topological polar surface area (TPSA) is 83.8 Å². The highest BCUT2D eigenvalue weighted by molar-refractivity contribution is 5.82. The summed E-state index contributed by atoms with van der Waals surface area (Å²) in [4.78, 5) is 18.4. The van der Waals surface area contributed by atoms with Crippen molar-refractivity contribution in [3.8, 4) is 0 Å². The molecule has 0 saturated carbocycles. The zero-order chi connectivity index (χ0) is 18.4. The predicted octanol–water partition coefficient (Wildman–Crippen LogP) is 0.531. The van der Waals surface area contributed by atoms with Crippen molar-refractivity contribution in [2.75, 3.05) is 39.8 Å². The van der Waals surface area contributed by atoms with E-state index in [0.717, 1.165) is 24.6 Å². The van der Waals surface area contributed by atoms with E-state index in [1.807, 2.05) is 40.2 Å². The van der Waals surface area contributed by atoms with E-state index in [4.69, 9.17) is 4.74 Å². The molecule has 8 nitrogen and oxygen atoms in total. The zero-order valence-corrected chi connectivity index (χ0v) is 15.9. The molecule has 140 valence electrons. The number of rotatable bonds is 4. The summed E-state index contributed by atoms with van der Waals surface area (Å²) in [7, 11) is 3.67. The van der Waals surface area contributed by atoms with E-state index in [1.165, 1.54) is 0 Å². The molecule has 1 aromatic rings. The number of amides is 1. The summed E-state index contributed by atoms with van der Waals surface area (Å²) in [6.45, 7) is 9.05. The zero-order valence-electron chi connectivity index (χ0n) is 15.9. The van der Waals surface area contributed by atoms with Gasteiger partial charge in [0.25, 0.3) is 0 Å². The second-order valence-electron chi connectivity index (χ2n) is 7.23. The van der Waals surface area contributed by atoms with E-state index in [9.17, 15) is 4.79 Å². The average molecular weight is 350 g/mol. The second kappa shape index (κ2) is 8.33. The van der Waals surface area contributed by atoms with Crippen LogP contribution in [-0.4, -0.2) is 66.4 Å². The highest BCUT2D eigenvalue weighted by Crippen LogP contribution is 2.21. The third-order valence-corrected chi connectivity index (χ3v) is 4.05. The minimum absolute atomic E-state index is 0.0124. The molecule has 1 aliphatic heterocycles. The number of aryl methyl sites for hydroxylation is 1. The Morgan fingerprint density at radius 2 is 2.12 bits per heavy atom. The van der Waals surface area contributed by atoms with Gasteiger partial charge in [-0.25, -0.2) is 0 Å². The third-order valence-electron chi connectivity index (χ3n) is 4.05. The Morgan fingerprint density at radius 1 is 1.40 bits per heavy atom. The van der Waals surface area contributed by atoms with Crippen LogP contribution in [0.2, 0.25) is 0 Å². The van der Waals surface area contributed by atoms with Crippen molar-refractivity contribution in [1.29, 1.82) is 0 Å². The van der Waals surface area contributed by atoms with Gasteiger partial charge in [0.15, 0.2) is 5.96 Å². The molecule has 0 aliphatic carbocycles. The molecule has 1 amide bonds. The highest BCUT2D eigenvalue weighted by Gasteiger charge is 2.25. The molecule has 1 fully saturated rings. The summed E-state index contributed by atoms with van der Waals surface area (Å²) >= 11 is 0. The van der Waals surface area contributed by atoms with Gasteiger partial charge in [-0.3, -0.25) is 14.5 Å². The van der Waals surface area contributed by atoms with Crippen LogP contribution in [0, 0.1) is 5.41 Å². The maximum atomic E-state index is 11.9. The predicted molar refractivity (Wildman–Crippen MR) is 97.3 cm³/mol. The standard InChI is InChI=1S/C17H30N6O2/c1-17(2,3)15(24)19-6-7-20-16(18-4)23-8-9-25-14(12-23)13-10-21-22(5)11-13/h10-11,14H,6-9,12H2,1-5H3,(H,18,20)(H,19,24). The molecule has 1 unspecified atom stereocenters. The monoisotopic (exact) mass is 350 g/mol. The van der Waals surface area contributed by atoms with Gasteiger partial charge in [-0.05, 0) is 0 Å². The van der Waals surface area contributed by atoms with Gasteiger partial charge >= 0.3 is 0 Å². The molecular formula is C17H30N6O2. The fourth-order valence-corrected chi connectivity index (χ4v) is 2.60. The smallest absolute Gasteiger partial charge is 0.225 e. The van der Waals surface area contributed by atoms with Gasteiger partial charge in [0.05, 0.1) is 19.3 Å². The molecule has 25 heavy (non-hydrogen) atoms. The van der Waals surface area contributed by atoms with Gasteiger partial charge in [0.1, 0.15) is 6.10 Å². The molecule has 1 aliphatic rings. The summed E-state index contributed by atoms with van der Waals surface area (Å²) in [6, 6.07) is 0. The first-order chi connectivity index (χ1) is 11.8. The quantitative estimate of drug-likeness (QED) is 0.470. The van der Waals surface area contributed by atoms with Gasteiger partial charge in [0, 0.05) is 50.9 Å². The van der Waals surface area contributed by atoms with Crippen LogP contribution in [0.4, 0.5) is 0 Å². The van der Waals surface area contributed by atoms with Crippen molar-refractivity contribution in [3.63, 3.8) is 0 Å². The van der Waals surface area contributed by atoms with Crippen LogP contribution in [0.3, 0.4) is 0 Å². The Bertz CT molecular complexity index is 605. The molecule has 0 spiro atoms.